The lowest BCUT2D eigenvalue weighted by Gasteiger charge is -2.12. The summed E-state index contributed by atoms with van der Waals surface area (Å²) in [6.45, 7) is 3.70. The van der Waals surface area contributed by atoms with Crippen molar-refractivity contribution in [2.45, 2.75) is 26.2 Å². The Kier molecular flexibility index (Phi) is 3.09. The van der Waals surface area contributed by atoms with Crippen LogP contribution in [-0.4, -0.2) is 16.1 Å². The number of carboxylic acid groups (broad SMARTS) is 1. The summed E-state index contributed by atoms with van der Waals surface area (Å²) in [6.07, 6.45) is 0.748. The molecule has 1 aromatic carbocycles. The molecule has 0 bridgehead atoms. The summed E-state index contributed by atoms with van der Waals surface area (Å²) in [4.78, 5) is 15.6. The Balaban J connectivity index is 2.64. The summed E-state index contributed by atoms with van der Waals surface area (Å²) in [5.41, 5.74) is 2.61. The van der Waals surface area contributed by atoms with Gasteiger partial charge in [-0.05, 0) is 31.0 Å². The van der Waals surface area contributed by atoms with Crippen LogP contribution in [0.4, 0.5) is 0 Å². The molecule has 2 aromatic rings. The van der Waals surface area contributed by atoms with E-state index in [1.807, 2.05) is 37.3 Å². The molecule has 0 aliphatic carbocycles. The second kappa shape index (κ2) is 4.53. The monoisotopic (exact) mass is 229 g/mol. The van der Waals surface area contributed by atoms with E-state index >= 15 is 0 Å². The van der Waals surface area contributed by atoms with Crippen LogP contribution in [0.15, 0.2) is 30.3 Å². The topological polar surface area (TPSA) is 50.2 Å². The third-order valence-corrected chi connectivity index (χ3v) is 3.01. The maximum atomic E-state index is 11.1. The van der Waals surface area contributed by atoms with Gasteiger partial charge < -0.3 is 5.11 Å². The molecule has 0 aliphatic rings. The number of hydrogen-bond donors (Lipinski definition) is 1. The lowest BCUT2D eigenvalue weighted by atomic mass is 9.96. The molecule has 2 rings (SSSR count). The van der Waals surface area contributed by atoms with Crippen molar-refractivity contribution in [2.24, 2.45) is 0 Å². The zero-order valence-electron chi connectivity index (χ0n) is 9.97. The Morgan fingerprint density at radius 1 is 1.41 bits per heavy atom. The zero-order chi connectivity index (χ0) is 12.4. The first-order chi connectivity index (χ1) is 8.13. The fourth-order valence-corrected chi connectivity index (χ4v) is 1.96. The van der Waals surface area contributed by atoms with E-state index in [4.69, 9.17) is 5.11 Å². The SMILES string of the molecule is CCc1nc2ccccc2cc1C(C)C(=O)O. The van der Waals surface area contributed by atoms with Gasteiger partial charge in [-0.1, -0.05) is 25.1 Å². The highest BCUT2D eigenvalue weighted by atomic mass is 16.4. The average Bonchev–Trinajstić information content (AvgIpc) is 2.36. The first-order valence-electron chi connectivity index (χ1n) is 5.75. The van der Waals surface area contributed by atoms with Crippen LogP contribution in [0.3, 0.4) is 0 Å². The molecule has 1 unspecified atom stereocenters. The van der Waals surface area contributed by atoms with Crippen molar-refractivity contribution in [2.75, 3.05) is 0 Å². The minimum atomic E-state index is -0.809. The third-order valence-electron chi connectivity index (χ3n) is 3.01. The van der Waals surface area contributed by atoms with Crippen LogP contribution in [-0.2, 0) is 11.2 Å². The van der Waals surface area contributed by atoms with E-state index in [1.165, 1.54) is 0 Å². The number of fused-ring (bicyclic) bond motifs is 1. The molecule has 0 saturated carbocycles. The van der Waals surface area contributed by atoms with Crippen LogP contribution in [0.2, 0.25) is 0 Å². The van der Waals surface area contributed by atoms with Gasteiger partial charge >= 0.3 is 5.97 Å². The van der Waals surface area contributed by atoms with Crippen LogP contribution < -0.4 is 0 Å². The van der Waals surface area contributed by atoms with Gasteiger partial charge in [0.05, 0.1) is 11.4 Å². The van der Waals surface area contributed by atoms with E-state index in [-0.39, 0.29) is 0 Å². The Morgan fingerprint density at radius 3 is 2.76 bits per heavy atom. The normalized spacial score (nSPS) is 12.6. The number of carboxylic acids is 1. The van der Waals surface area contributed by atoms with Gasteiger partial charge in [0.15, 0.2) is 0 Å². The number of aliphatic carboxylic acids is 1. The quantitative estimate of drug-likeness (QED) is 0.880. The Hall–Kier alpha value is -1.90. The number of para-hydroxylation sites is 1. The van der Waals surface area contributed by atoms with Gasteiger partial charge in [0.1, 0.15) is 0 Å². The van der Waals surface area contributed by atoms with Gasteiger partial charge in [-0.25, -0.2) is 0 Å². The van der Waals surface area contributed by atoms with E-state index in [9.17, 15) is 4.79 Å². The van der Waals surface area contributed by atoms with Crippen LogP contribution >= 0.6 is 0 Å². The maximum Gasteiger partial charge on any atom is 0.310 e. The fourth-order valence-electron chi connectivity index (χ4n) is 1.96. The van der Waals surface area contributed by atoms with Crippen molar-refractivity contribution in [3.05, 3.63) is 41.6 Å². The summed E-state index contributed by atoms with van der Waals surface area (Å²) in [5.74, 6) is -1.32. The van der Waals surface area contributed by atoms with E-state index < -0.39 is 11.9 Å². The van der Waals surface area contributed by atoms with Crippen molar-refractivity contribution in [3.63, 3.8) is 0 Å². The number of benzene rings is 1. The number of aryl methyl sites for hydroxylation is 1. The number of rotatable bonds is 3. The lowest BCUT2D eigenvalue weighted by Crippen LogP contribution is -2.11. The van der Waals surface area contributed by atoms with E-state index in [0.29, 0.717) is 0 Å². The molecule has 0 aliphatic heterocycles. The molecule has 3 heteroatoms. The molecule has 0 amide bonds. The summed E-state index contributed by atoms with van der Waals surface area (Å²) in [5, 5.41) is 10.1. The molecule has 0 saturated heterocycles. The summed E-state index contributed by atoms with van der Waals surface area (Å²) in [6, 6.07) is 9.73. The molecule has 17 heavy (non-hydrogen) atoms. The summed E-state index contributed by atoms with van der Waals surface area (Å²) in [7, 11) is 0. The summed E-state index contributed by atoms with van der Waals surface area (Å²) < 4.78 is 0. The van der Waals surface area contributed by atoms with Gasteiger partial charge in [0, 0.05) is 11.1 Å². The standard InChI is InChI=1S/C14H15NO2/c1-3-12-11(9(2)14(16)17)8-10-6-4-5-7-13(10)15-12/h4-9H,3H2,1-2H3,(H,16,17). The van der Waals surface area contributed by atoms with Crippen LogP contribution in [0.25, 0.3) is 10.9 Å². The number of hydrogen-bond acceptors (Lipinski definition) is 2. The highest BCUT2D eigenvalue weighted by Crippen LogP contribution is 2.24. The molecule has 1 atom stereocenters. The van der Waals surface area contributed by atoms with Crippen molar-refractivity contribution in [1.82, 2.24) is 4.98 Å². The Morgan fingerprint density at radius 2 is 2.12 bits per heavy atom. The minimum Gasteiger partial charge on any atom is -0.481 e. The number of pyridine rings is 1. The molecule has 0 fully saturated rings. The lowest BCUT2D eigenvalue weighted by molar-refractivity contribution is -0.138. The van der Waals surface area contributed by atoms with E-state index in [1.54, 1.807) is 6.92 Å². The predicted octanol–water partition coefficient (Wildman–Crippen LogP) is 2.99. The molecule has 0 spiro atoms. The van der Waals surface area contributed by atoms with Gasteiger partial charge in [-0.2, -0.15) is 0 Å². The largest absolute Gasteiger partial charge is 0.481 e. The van der Waals surface area contributed by atoms with E-state index in [2.05, 4.69) is 4.98 Å². The number of nitrogens with zero attached hydrogens (tertiary/aromatic N) is 1. The van der Waals surface area contributed by atoms with Gasteiger partial charge in [-0.15, -0.1) is 0 Å². The number of carbonyl (C=O) groups is 1. The van der Waals surface area contributed by atoms with Crippen LogP contribution in [0, 0.1) is 0 Å². The van der Waals surface area contributed by atoms with Crippen LogP contribution in [0.5, 0.6) is 0 Å². The van der Waals surface area contributed by atoms with Gasteiger partial charge in [0.25, 0.3) is 0 Å². The van der Waals surface area contributed by atoms with Gasteiger partial charge in [0.2, 0.25) is 0 Å². The predicted molar refractivity (Wildman–Crippen MR) is 67.2 cm³/mol. The molecule has 1 aromatic heterocycles. The fraction of sp³-hybridized carbons (Fsp3) is 0.286. The van der Waals surface area contributed by atoms with E-state index in [0.717, 1.165) is 28.6 Å². The maximum absolute atomic E-state index is 11.1. The molecular weight excluding hydrogens is 214 g/mol. The molecule has 88 valence electrons. The average molecular weight is 229 g/mol. The minimum absolute atomic E-state index is 0.512. The van der Waals surface area contributed by atoms with Gasteiger partial charge in [-0.3, -0.25) is 9.78 Å². The highest BCUT2D eigenvalue weighted by Gasteiger charge is 2.18. The first-order valence-corrected chi connectivity index (χ1v) is 5.75. The van der Waals surface area contributed by atoms with Crippen molar-refractivity contribution >= 4 is 16.9 Å². The molecule has 1 N–H and O–H groups in total. The zero-order valence-corrected chi connectivity index (χ0v) is 9.97. The summed E-state index contributed by atoms with van der Waals surface area (Å²) >= 11 is 0. The third kappa shape index (κ3) is 2.13. The Bertz CT molecular complexity index is 563. The molecular formula is C14H15NO2. The molecule has 1 heterocycles. The molecule has 0 radical (unpaired) electrons. The van der Waals surface area contributed by atoms with Crippen molar-refractivity contribution in [3.8, 4) is 0 Å². The van der Waals surface area contributed by atoms with Crippen molar-refractivity contribution in [1.29, 1.82) is 0 Å². The molecule has 3 nitrogen and oxygen atoms in total. The highest BCUT2D eigenvalue weighted by molar-refractivity contribution is 5.82. The Labute approximate surface area is 100 Å². The number of aromatic nitrogens is 1. The second-order valence-electron chi connectivity index (χ2n) is 4.13. The van der Waals surface area contributed by atoms with Crippen LogP contribution in [0.1, 0.15) is 31.0 Å². The van der Waals surface area contributed by atoms with Crippen molar-refractivity contribution < 1.29 is 9.90 Å². The first kappa shape index (κ1) is 11.6. The second-order valence-corrected chi connectivity index (χ2v) is 4.13. The smallest absolute Gasteiger partial charge is 0.310 e.